The van der Waals surface area contributed by atoms with Gasteiger partial charge in [0.2, 0.25) is 0 Å². The second kappa shape index (κ2) is 8.53. The number of piperazine rings is 1. The minimum absolute atomic E-state index is 0.0433. The Kier molecular flexibility index (Phi) is 5.85. The van der Waals surface area contributed by atoms with Crippen LogP contribution in [0, 0.1) is 0 Å². The lowest BCUT2D eigenvalue weighted by molar-refractivity contribution is 0.0624. The van der Waals surface area contributed by atoms with Crippen LogP contribution in [0.1, 0.15) is 32.6 Å². The number of nitrogens with zero attached hydrogens (tertiary/aromatic N) is 2. The van der Waals surface area contributed by atoms with E-state index in [9.17, 15) is 9.59 Å². The molecule has 1 N–H and O–H groups in total. The number of halogens is 1. The fourth-order valence-electron chi connectivity index (χ4n) is 3.48. The maximum absolute atomic E-state index is 12.6. The molecule has 0 saturated carbocycles. The first kappa shape index (κ1) is 19.9. The molecule has 1 fully saturated rings. The summed E-state index contributed by atoms with van der Waals surface area (Å²) in [5, 5.41) is 0.746. The van der Waals surface area contributed by atoms with E-state index in [1.54, 1.807) is 23.6 Å². The van der Waals surface area contributed by atoms with E-state index in [1.807, 2.05) is 23.1 Å². The molecule has 3 heterocycles. The van der Waals surface area contributed by atoms with Crippen LogP contribution in [0.5, 0.6) is 0 Å². The van der Waals surface area contributed by atoms with Gasteiger partial charge in [0, 0.05) is 59.3 Å². The predicted octanol–water partition coefficient (Wildman–Crippen LogP) is 4.56. The summed E-state index contributed by atoms with van der Waals surface area (Å²) in [6.45, 7) is 5.40. The summed E-state index contributed by atoms with van der Waals surface area (Å²) >= 11 is 7.88. The number of thiophene rings is 1. The maximum atomic E-state index is 12.6. The van der Waals surface area contributed by atoms with E-state index in [1.165, 1.54) is 16.7 Å². The summed E-state index contributed by atoms with van der Waals surface area (Å²) in [6.07, 6.45) is 1.60. The molecule has 150 valence electrons. The minimum atomic E-state index is -0.0449. The van der Waals surface area contributed by atoms with E-state index in [0.717, 1.165) is 30.2 Å². The van der Waals surface area contributed by atoms with Gasteiger partial charge in [0.15, 0.2) is 5.78 Å². The van der Waals surface area contributed by atoms with Gasteiger partial charge in [0.25, 0.3) is 5.91 Å². The number of rotatable bonds is 5. The third-order valence-electron chi connectivity index (χ3n) is 5.13. The molecular weight excluding hydrogens is 406 g/mol. The topological polar surface area (TPSA) is 56.4 Å². The number of benzene rings is 1. The van der Waals surface area contributed by atoms with Gasteiger partial charge in [-0.05, 0) is 42.8 Å². The molecule has 0 unspecified atom stereocenters. The van der Waals surface area contributed by atoms with Crippen molar-refractivity contribution in [2.24, 2.45) is 0 Å². The smallest absolute Gasteiger partial charge is 0.270 e. The number of hydrogen-bond acceptors (Lipinski definition) is 4. The SMILES string of the molecule is CC(=O)c1c[nH]c(C(=O)N2CCN(Cc3ccc(-c4cccc(Cl)c4)s3)CC2)c1. The van der Waals surface area contributed by atoms with Gasteiger partial charge in [-0.15, -0.1) is 11.3 Å². The molecule has 4 rings (SSSR count). The van der Waals surface area contributed by atoms with Crippen LogP contribution >= 0.6 is 22.9 Å². The molecule has 1 saturated heterocycles. The highest BCUT2D eigenvalue weighted by Crippen LogP contribution is 2.30. The lowest BCUT2D eigenvalue weighted by atomic mass is 10.2. The van der Waals surface area contributed by atoms with Gasteiger partial charge in [0.1, 0.15) is 5.69 Å². The van der Waals surface area contributed by atoms with E-state index >= 15 is 0 Å². The van der Waals surface area contributed by atoms with Crippen LogP contribution < -0.4 is 0 Å². The third kappa shape index (κ3) is 4.61. The van der Waals surface area contributed by atoms with Gasteiger partial charge in [-0.2, -0.15) is 0 Å². The first-order valence-corrected chi connectivity index (χ1v) is 10.7. The van der Waals surface area contributed by atoms with Crippen molar-refractivity contribution in [2.75, 3.05) is 26.2 Å². The number of ketones is 1. The molecule has 0 bridgehead atoms. The Morgan fingerprint density at radius 3 is 2.59 bits per heavy atom. The van der Waals surface area contributed by atoms with Crippen molar-refractivity contribution in [1.82, 2.24) is 14.8 Å². The van der Waals surface area contributed by atoms with Gasteiger partial charge in [-0.3, -0.25) is 14.5 Å². The fraction of sp³-hybridized carbons (Fsp3) is 0.273. The average molecular weight is 428 g/mol. The van der Waals surface area contributed by atoms with E-state index in [2.05, 4.69) is 28.1 Å². The first-order valence-electron chi connectivity index (χ1n) is 9.55. The summed E-state index contributed by atoms with van der Waals surface area (Å²) in [7, 11) is 0. The number of nitrogens with one attached hydrogen (secondary N) is 1. The number of Topliss-reactive ketones (excluding diaryl/α,β-unsaturated/α-hetero) is 1. The molecule has 0 aliphatic carbocycles. The van der Waals surface area contributed by atoms with E-state index in [4.69, 9.17) is 11.6 Å². The third-order valence-corrected chi connectivity index (χ3v) is 6.48. The zero-order valence-electron chi connectivity index (χ0n) is 16.2. The molecule has 1 aliphatic rings. The lowest BCUT2D eigenvalue weighted by Crippen LogP contribution is -2.48. The summed E-state index contributed by atoms with van der Waals surface area (Å²) < 4.78 is 0. The number of carbonyl (C=O) groups excluding carboxylic acids is 2. The van der Waals surface area contributed by atoms with Crippen LogP contribution in [-0.2, 0) is 6.54 Å². The van der Waals surface area contributed by atoms with Crippen LogP contribution in [0.4, 0.5) is 0 Å². The predicted molar refractivity (Wildman–Crippen MR) is 117 cm³/mol. The summed E-state index contributed by atoms with van der Waals surface area (Å²) in [4.78, 5) is 33.7. The van der Waals surface area contributed by atoms with Gasteiger partial charge in [0.05, 0.1) is 0 Å². The molecular formula is C22H22ClN3O2S. The van der Waals surface area contributed by atoms with Gasteiger partial charge in [-0.25, -0.2) is 0 Å². The van der Waals surface area contributed by atoms with Crippen LogP contribution in [0.3, 0.4) is 0 Å². The monoisotopic (exact) mass is 427 g/mol. The molecule has 1 aliphatic heterocycles. The Morgan fingerprint density at radius 1 is 1.10 bits per heavy atom. The summed E-state index contributed by atoms with van der Waals surface area (Å²) in [5.74, 6) is -0.0882. The van der Waals surface area contributed by atoms with Crippen molar-refractivity contribution in [2.45, 2.75) is 13.5 Å². The van der Waals surface area contributed by atoms with Crippen LogP contribution in [0.2, 0.25) is 5.02 Å². The molecule has 0 radical (unpaired) electrons. The zero-order chi connectivity index (χ0) is 20.4. The van der Waals surface area contributed by atoms with Crippen molar-refractivity contribution in [1.29, 1.82) is 0 Å². The normalized spacial score (nSPS) is 14.9. The van der Waals surface area contributed by atoms with Crippen molar-refractivity contribution in [3.05, 3.63) is 69.8 Å². The Labute approximate surface area is 178 Å². The molecule has 5 nitrogen and oxygen atoms in total. The molecule has 1 aromatic carbocycles. The van der Waals surface area contributed by atoms with Gasteiger partial charge < -0.3 is 9.88 Å². The molecule has 1 amide bonds. The van der Waals surface area contributed by atoms with E-state index < -0.39 is 0 Å². The van der Waals surface area contributed by atoms with Crippen molar-refractivity contribution in [3.63, 3.8) is 0 Å². The molecule has 0 atom stereocenters. The number of aromatic amines is 1. The van der Waals surface area contributed by atoms with Crippen molar-refractivity contribution < 1.29 is 9.59 Å². The first-order chi connectivity index (χ1) is 14.0. The number of carbonyl (C=O) groups is 2. The molecule has 0 spiro atoms. The van der Waals surface area contributed by atoms with Crippen molar-refractivity contribution >= 4 is 34.6 Å². The standard InChI is InChI=1S/C22H22ClN3O2S/c1-15(27)17-12-20(24-13-17)22(28)26-9-7-25(8-10-26)14-19-5-6-21(29-19)16-3-2-4-18(23)11-16/h2-6,11-13,24H,7-10,14H2,1H3. The van der Waals surface area contributed by atoms with Crippen LogP contribution in [-0.4, -0.2) is 52.7 Å². The number of aromatic nitrogens is 1. The number of amides is 1. The molecule has 7 heteroatoms. The van der Waals surface area contributed by atoms with Crippen LogP contribution in [0.25, 0.3) is 10.4 Å². The zero-order valence-corrected chi connectivity index (χ0v) is 17.7. The Morgan fingerprint density at radius 2 is 1.90 bits per heavy atom. The van der Waals surface area contributed by atoms with Crippen LogP contribution in [0.15, 0.2) is 48.7 Å². The highest BCUT2D eigenvalue weighted by molar-refractivity contribution is 7.15. The molecule has 29 heavy (non-hydrogen) atoms. The van der Waals surface area contributed by atoms with Gasteiger partial charge in [-0.1, -0.05) is 23.7 Å². The largest absolute Gasteiger partial charge is 0.356 e. The number of hydrogen-bond donors (Lipinski definition) is 1. The summed E-state index contributed by atoms with van der Waals surface area (Å²) in [6, 6.07) is 13.9. The number of H-pyrrole nitrogens is 1. The Bertz CT molecular complexity index is 1030. The van der Waals surface area contributed by atoms with Crippen molar-refractivity contribution in [3.8, 4) is 10.4 Å². The lowest BCUT2D eigenvalue weighted by Gasteiger charge is -2.34. The minimum Gasteiger partial charge on any atom is -0.356 e. The highest BCUT2D eigenvalue weighted by Gasteiger charge is 2.23. The fourth-order valence-corrected chi connectivity index (χ4v) is 4.72. The van der Waals surface area contributed by atoms with E-state index in [0.29, 0.717) is 24.3 Å². The maximum Gasteiger partial charge on any atom is 0.270 e. The average Bonchev–Trinajstić information content (AvgIpc) is 3.38. The molecule has 3 aromatic rings. The quantitative estimate of drug-likeness (QED) is 0.607. The molecule has 2 aromatic heterocycles. The van der Waals surface area contributed by atoms with E-state index in [-0.39, 0.29) is 11.7 Å². The Balaban J connectivity index is 1.33. The summed E-state index contributed by atoms with van der Waals surface area (Å²) in [5.41, 5.74) is 2.16. The highest BCUT2D eigenvalue weighted by atomic mass is 35.5. The second-order valence-corrected chi connectivity index (χ2v) is 8.81. The Hall–Kier alpha value is -2.41. The second-order valence-electron chi connectivity index (χ2n) is 7.20. The van der Waals surface area contributed by atoms with Gasteiger partial charge >= 0.3 is 0 Å².